The lowest BCUT2D eigenvalue weighted by molar-refractivity contribution is 0.263. The van der Waals surface area contributed by atoms with Gasteiger partial charge in [-0.15, -0.1) is 0 Å². The smallest absolute Gasteiger partial charge is 0.119 e. The number of nitrogens with one attached hydrogen (secondary N) is 1. The molecule has 0 bridgehead atoms. The van der Waals surface area contributed by atoms with Crippen LogP contribution in [-0.2, 0) is 13.1 Å². The van der Waals surface area contributed by atoms with E-state index in [-0.39, 0.29) is 0 Å². The Morgan fingerprint density at radius 2 is 2.25 bits per heavy atom. The first-order chi connectivity index (χ1) is 7.92. The highest BCUT2D eigenvalue weighted by molar-refractivity contribution is 7.99. The minimum absolute atomic E-state index is 0.761. The second kappa shape index (κ2) is 4.68. The van der Waals surface area contributed by atoms with Gasteiger partial charge in [0.25, 0.3) is 0 Å². The van der Waals surface area contributed by atoms with Crippen LogP contribution in [0, 0.1) is 5.92 Å². The molecule has 0 amide bonds. The van der Waals surface area contributed by atoms with E-state index in [1.807, 2.05) is 11.8 Å². The van der Waals surface area contributed by atoms with Gasteiger partial charge in [-0.25, -0.2) is 0 Å². The quantitative estimate of drug-likeness (QED) is 0.869. The van der Waals surface area contributed by atoms with Gasteiger partial charge in [0.1, 0.15) is 5.75 Å². The van der Waals surface area contributed by atoms with Crippen LogP contribution in [0.2, 0.25) is 0 Å². The van der Waals surface area contributed by atoms with Crippen LogP contribution in [0.5, 0.6) is 5.75 Å². The van der Waals surface area contributed by atoms with Crippen LogP contribution >= 0.6 is 11.8 Å². The lowest BCUT2D eigenvalue weighted by Crippen LogP contribution is -2.10. The van der Waals surface area contributed by atoms with E-state index in [9.17, 15) is 0 Å². The average molecular weight is 235 g/mol. The normalized spacial score (nSPS) is 23.4. The highest BCUT2D eigenvalue weighted by Gasteiger charge is 2.16. The maximum absolute atomic E-state index is 5.87. The van der Waals surface area contributed by atoms with Gasteiger partial charge in [-0.05, 0) is 41.2 Å². The summed E-state index contributed by atoms with van der Waals surface area (Å²) in [6, 6.07) is 6.49. The van der Waals surface area contributed by atoms with Crippen LogP contribution < -0.4 is 10.1 Å². The van der Waals surface area contributed by atoms with Crippen LogP contribution in [0.1, 0.15) is 17.5 Å². The Kier molecular flexibility index (Phi) is 3.06. The molecular weight excluding hydrogens is 218 g/mol. The Bertz CT molecular complexity index is 374. The van der Waals surface area contributed by atoms with E-state index >= 15 is 0 Å². The van der Waals surface area contributed by atoms with Gasteiger partial charge in [0.2, 0.25) is 0 Å². The molecule has 1 fully saturated rings. The van der Waals surface area contributed by atoms with Gasteiger partial charge in [-0.1, -0.05) is 6.07 Å². The SMILES string of the molecule is c1cc2c(cc1OCC1CCSC1)CNC2. The Labute approximate surface area is 101 Å². The molecule has 0 radical (unpaired) electrons. The predicted octanol–water partition coefficient (Wildman–Crippen LogP) is 2.42. The van der Waals surface area contributed by atoms with Gasteiger partial charge < -0.3 is 10.1 Å². The number of rotatable bonds is 3. The summed E-state index contributed by atoms with van der Waals surface area (Å²) in [5.41, 5.74) is 2.82. The molecule has 1 atom stereocenters. The lowest BCUT2D eigenvalue weighted by atomic mass is 10.1. The van der Waals surface area contributed by atoms with Crippen molar-refractivity contribution in [3.63, 3.8) is 0 Å². The van der Waals surface area contributed by atoms with Crippen LogP contribution in [0.4, 0.5) is 0 Å². The van der Waals surface area contributed by atoms with Gasteiger partial charge >= 0.3 is 0 Å². The Hall–Kier alpha value is -0.670. The highest BCUT2D eigenvalue weighted by Crippen LogP contribution is 2.26. The summed E-state index contributed by atoms with van der Waals surface area (Å²) in [5.74, 6) is 4.38. The number of benzene rings is 1. The van der Waals surface area contributed by atoms with Crippen molar-refractivity contribution in [2.45, 2.75) is 19.5 Å². The molecule has 1 aromatic rings. The topological polar surface area (TPSA) is 21.3 Å². The zero-order valence-corrected chi connectivity index (χ0v) is 10.2. The summed E-state index contributed by atoms with van der Waals surface area (Å²) in [6.07, 6.45) is 1.32. The van der Waals surface area contributed by atoms with Gasteiger partial charge in [0, 0.05) is 19.0 Å². The largest absolute Gasteiger partial charge is 0.493 e. The molecule has 1 N–H and O–H groups in total. The zero-order valence-electron chi connectivity index (χ0n) is 9.37. The van der Waals surface area contributed by atoms with E-state index in [1.165, 1.54) is 29.1 Å². The van der Waals surface area contributed by atoms with Crippen molar-refractivity contribution in [2.75, 3.05) is 18.1 Å². The maximum Gasteiger partial charge on any atom is 0.119 e. The van der Waals surface area contributed by atoms with E-state index in [4.69, 9.17) is 4.74 Å². The molecule has 0 aromatic heterocycles. The molecule has 16 heavy (non-hydrogen) atoms. The van der Waals surface area contributed by atoms with Crippen molar-refractivity contribution in [1.29, 1.82) is 0 Å². The van der Waals surface area contributed by atoms with Crippen molar-refractivity contribution >= 4 is 11.8 Å². The number of hydrogen-bond donors (Lipinski definition) is 1. The van der Waals surface area contributed by atoms with Crippen LogP contribution in [0.15, 0.2) is 18.2 Å². The minimum Gasteiger partial charge on any atom is -0.493 e. The fourth-order valence-electron chi connectivity index (χ4n) is 2.29. The summed E-state index contributed by atoms with van der Waals surface area (Å²) < 4.78 is 5.87. The molecule has 2 aliphatic heterocycles. The number of ether oxygens (including phenoxy) is 1. The first kappa shape index (κ1) is 10.5. The second-order valence-corrected chi connectivity index (χ2v) is 5.72. The Balaban J connectivity index is 1.61. The van der Waals surface area contributed by atoms with Crippen LogP contribution in [0.3, 0.4) is 0 Å². The van der Waals surface area contributed by atoms with Gasteiger partial charge in [-0.2, -0.15) is 11.8 Å². The second-order valence-electron chi connectivity index (χ2n) is 4.57. The van der Waals surface area contributed by atoms with Crippen molar-refractivity contribution in [2.24, 2.45) is 5.92 Å². The van der Waals surface area contributed by atoms with Crippen molar-refractivity contribution in [1.82, 2.24) is 5.32 Å². The molecule has 3 rings (SSSR count). The minimum atomic E-state index is 0.761. The van der Waals surface area contributed by atoms with Crippen LogP contribution in [0.25, 0.3) is 0 Å². The van der Waals surface area contributed by atoms with Crippen molar-refractivity contribution < 1.29 is 4.74 Å². The van der Waals surface area contributed by atoms with Crippen molar-refractivity contribution in [3.05, 3.63) is 29.3 Å². The number of fused-ring (bicyclic) bond motifs is 1. The molecule has 1 unspecified atom stereocenters. The van der Waals surface area contributed by atoms with E-state index < -0.39 is 0 Å². The Morgan fingerprint density at radius 3 is 3.12 bits per heavy atom. The summed E-state index contributed by atoms with van der Waals surface area (Å²) >= 11 is 2.05. The van der Waals surface area contributed by atoms with Gasteiger partial charge in [-0.3, -0.25) is 0 Å². The standard InChI is InChI=1S/C13H17NOS/c1-2-13(5-12-7-14-6-11(1)12)15-8-10-3-4-16-9-10/h1-2,5,10,14H,3-4,6-9H2. The molecule has 2 heterocycles. The van der Waals surface area contributed by atoms with Crippen molar-refractivity contribution in [3.8, 4) is 5.75 Å². The van der Waals surface area contributed by atoms with E-state index in [1.54, 1.807) is 0 Å². The Morgan fingerprint density at radius 1 is 1.31 bits per heavy atom. The summed E-state index contributed by atoms with van der Waals surface area (Å²) in [4.78, 5) is 0. The third kappa shape index (κ3) is 2.20. The highest BCUT2D eigenvalue weighted by atomic mass is 32.2. The molecule has 86 valence electrons. The average Bonchev–Trinajstić information content (AvgIpc) is 2.97. The molecule has 0 spiro atoms. The molecular formula is C13H17NOS. The number of thioether (sulfide) groups is 1. The van der Waals surface area contributed by atoms with E-state index in [0.717, 1.165) is 31.4 Å². The molecule has 2 aliphatic rings. The fourth-order valence-corrected chi connectivity index (χ4v) is 3.55. The van der Waals surface area contributed by atoms with Gasteiger partial charge in [0.05, 0.1) is 6.61 Å². The predicted molar refractivity (Wildman–Crippen MR) is 67.9 cm³/mol. The van der Waals surface area contributed by atoms with E-state index in [0.29, 0.717) is 0 Å². The molecule has 0 saturated carbocycles. The fraction of sp³-hybridized carbons (Fsp3) is 0.538. The number of hydrogen-bond acceptors (Lipinski definition) is 3. The summed E-state index contributed by atoms with van der Waals surface area (Å²) in [5, 5.41) is 3.35. The first-order valence-electron chi connectivity index (χ1n) is 5.95. The first-order valence-corrected chi connectivity index (χ1v) is 7.10. The zero-order chi connectivity index (χ0) is 10.8. The van der Waals surface area contributed by atoms with Gasteiger partial charge in [0.15, 0.2) is 0 Å². The lowest BCUT2D eigenvalue weighted by Gasteiger charge is -2.11. The monoisotopic (exact) mass is 235 g/mol. The maximum atomic E-state index is 5.87. The summed E-state index contributed by atoms with van der Waals surface area (Å²) in [6.45, 7) is 2.89. The van der Waals surface area contributed by atoms with Crippen LogP contribution in [-0.4, -0.2) is 18.1 Å². The summed E-state index contributed by atoms with van der Waals surface area (Å²) in [7, 11) is 0. The third-order valence-electron chi connectivity index (χ3n) is 3.32. The molecule has 2 nitrogen and oxygen atoms in total. The molecule has 0 aliphatic carbocycles. The van der Waals surface area contributed by atoms with E-state index in [2.05, 4.69) is 23.5 Å². The third-order valence-corrected chi connectivity index (χ3v) is 4.55. The molecule has 1 aromatic carbocycles. The molecule has 1 saturated heterocycles. The molecule has 3 heteroatoms.